The molecule has 2 heterocycles. The lowest BCUT2D eigenvalue weighted by Crippen LogP contribution is -2.44. The van der Waals surface area contributed by atoms with Crippen LogP contribution in [0.3, 0.4) is 0 Å². The molecule has 0 spiro atoms. The Hall–Kier alpha value is -1.79. The number of carbonyl (C=O) groups is 2. The molecule has 136 valence electrons. The Morgan fingerprint density at radius 1 is 1.32 bits per heavy atom. The smallest absolute Gasteiger partial charge is 0.321 e. The third-order valence-electron chi connectivity index (χ3n) is 5.76. The molecule has 3 amide bonds. The van der Waals surface area contributed by atoms with Gasteiger partial charge in [0.25, 0.3) is 0 Å². The van der Waals surface area contributed by atoms with E-state index in [1.54, 1.807) is 4.90 Å². The van der Waals surface area contributed by atoms with Gasteiger partial charge in [0, 0.05) is 31.0 Å². The number of nitrogens with one attached hydrogen (secondary N) is 3. The van der Waals surface area contributed by atoms with Gasteiger partial charge in [-0.05, 0) is 43.5 Å². The molecule has 1 aromatic rings. The molecule has 6 nitrogen and oxygen atoms in total. The summed E-state index contributed by atoms with van der Waals surface area (Å²) in [5.74, 6) is 0.569. The van der Waals surface area contributed by atoms with Crippen molar-refractivity contribution in [2.24, 2.45) is 11.3 Å². The number of halogens is 1. The number of carbonyl (C=O) groups excluding carboxylic acids is 2. The molecule has 3 N–H and O–H groups in total. The Balaban J connectivity index is 0.00000182. The van der Waals surface area contributed by atoms with Gasteiger partial charge in [-0.2, -0.15) is 0 Å². The van der Waals surface area contributed by atoms with E-state index < -0.39 is 0 Å². The molecule has 0 aromatic heterocycles. The molecular formula is C18H25ClN4O2. The first-order valence-electron chi connectivity index (χ1n) is 8.87. The van der Waals surface area contributed by atoms with E-state index >= 15 is 0 Å². The van der Waals surface area contributed by atoms with Crippen LogP contribution in [0.4, 0.5) is 16.2 Å². The predicted molar refractivity (Wildman–Crippen MR) is 100 cm³/mol. The fourth-order valence-corrected chi connectivity index (χ4v) is 4.42. The van der Waals surface area contributed by atoms with Crippen LogP contribution in [-0.4, -0.2) is 38.1 Å². The first-order valence-corrected chi connectivity index (χ1v) is 8.87. The maximum atomic E-state index is 13.0. The summed E-state index contributed by atoms with van der Waals surface area (Å²) in [5.41, 5.74) is 1.33. The maximum Gasteiger partial charge on any atom is 0.321 e. The summed E-state index contributed by atoms with van der Waals surface area (Å²) in [7, 11) is 0. The molecule has 3 aliphatic rings. The highest BCUT2D eigenvalue weighted by Gasteiger charge is 2.49. The van der Waals surface area contributed by atoms with Crippen LogP contribution in [0.1, 0.15) is 25.7 Å². The lowest BCUT2D eigenvalue weighted by Gasteiger charge is -2.37. The second-order valence-corrected chi connectivity index (χ2v) is 7.12. The van der Waals surface area contributed by atoms with Crippen molar-refractivity contribution >= 4 is 35.7 Å². The standard InChI is InChI=1S/C18H24N4O2.ClH/c23-16(18-7-2-1-4-13(18)11-19-12-18)21-14-5-3-6-15(10-14)22-9-8-20-17(22)24;/h3,5-6,10,13,19H,1-2,4,7-9,11-12H2,(H,20,24)(H,21,23);1H/t13-,18+;/m0./s1. The quantitative estimate of drug-likeness (QED) is 0.770. The lowest BCUT2D eigenvalue weighted by molar-refractivity contribution is -0.128. The number of amides is 3. The summed E-state index contributed by atoms with van der Waals surface area (Å²) in [5, 5.41) is 9.33. The molecule has 0 bridgehead atoms. The van der Waals surface area contributed by atoms with Crippen LogP contribution in [0.5, 0.6) is 0 Å². The first kappa shape index (κ1) is 18.0. The van der Waals surface area contributed by atoms with Crippen molar-refractivity contribution in [3.63, 3.8) is 0 Å². The van der Waals surface area contributed by atoms with Gasteiger partial charge in [0.05, 0.1) is 5.41 Å². The van der Waals surface area contributed by atoms with E-state index in [1.165, 1.54) is 6.42 Å². The third kappa shape index (κ3) is 3.20. The fourth-order valence-electron chi connectivity index (χ4n) is 4.42. The molecule has 2 aliphatic heterocycles. The Morgan fingerprint density at radius 3 is 3.00 bits per heavy atom. The fraction of sp³-hybridized carbons (Fsp3) is 0.556. The normalized spacial score (nSPS) is 28.1. The number of fused-ring (bicyclic) bond motifs is 1. The van der Waals surface area contributed by atoms with Gasteiger partial charge in [-0.3, -0.25) is 9.69 Å². The molecule has 4 rings (SSSR count). The maximum absolute atomic E-state index is 13.0. The van der Waals surface area contributed by atoms with Crippen LogP contribution in [-0.2, 0) is 4.79 Å². The molecule has 1 saturated carbocycles. The van der Waals surface area contributed by atoms with Crippen LogP contribution < -0.4 is 20.9 Å². The molecular weight excluding hydrogens is 340 g/mol. The van der Waals surface area contributed by atoms with Crippen molar-refractivity contribution in [1.29, 1.82) is 0 Å². The number of benzene rings is 1. The van der Waals surface area contributed by atoms with Gasteiger partial charge in [-0.15, -0.1) is 12.4 Å². The van der Waals surface area contributed by atoms with Gasteiger partial charge < -0.3 is 16.0 Å². The van der Waals surface area contributed by atoms with E-state index in [0.717, 1.165) is 43.7 Å². The Kier molecular flexibility index (Phi) is 5.20. The van der Waals surface area contributed by atoms with Crippen LogP contribution in [0, 0.1) is 11.3 Å². The monoisotopic (exact) mass is 364 g/mol. The topological polar surface area (TPSA) is 73.5 Å². The van der Waals surface area contributed by atoms with Gasteiger partial charge >= 0.3 is 6.03 Å². The average molecular weight is 365 g/mol. The van der Waals surface area contributed by atoms with Crippen LogP contribution in [0.2, 0.25) is 0 Å². The largest absolute Gasteiger partial charge is 0.336 e. The van der Waals surface area contributed by atoms with Gasteiger partial charge in [0.2, 0.25) is 5.91 Å². The number of hydrogen-bond acceptors (Lipinski definition) is 3. The molecule has 7 heteroatoms. The highest BCUT2D eigenvalue weighted by Crippen LogP contribution is 2.44. The Morgan fingerprint density at radius 2 is 2.20 bits per heavy atom. The second kappa shape index (κ2) is 7.22. The Labute approximate surface area is 154 Å². The van der Waals surface area contributed by atoms with Crippen LogP contribution >= 0.6 is 12.4 Å². The zero-order valence-electron chi connectivity index (χ0n) is 14.2. The summed E-state index contributed by atoms with van der Waals surface area (Å²) >= 11 is 0. The number of urea groups is 1. The van der Waals surface area contributed by atoms with Crippen molar-refractivity contribution in [3.8, 4) is 0 Å². The minimum absolute atomic E-state index is 0. The molecule has 1 aromatic carbocycles. The number of rotatable bonds is 3. The zero-order chi connectivity index (χ0) is 16.6. The van der Waals surface area contributed by atoms with E-state index in [1.807, 2.05) is 24.3 Å². The number of hydrogen-bond donors (Lipinski definition) is 3. The van der Waals surface area contributed by atoms with E-state index in [9.17, 15) is 9.59 Å². The molecule has 25 heavy (non-hydrogen) atoms. The van der Waals surface area contributed by atoms with Crippen molar-refractivity contribution < 1.29 is 9.59 Å². The van der Waals surface area contributed by atoms with E-state index in [4.69, 9.17) is 0 Å². The van der Waals surface area contributed by atoms with Crippen LogP contribution in [0.25, 0.3) is 0 Å². The Bertz CT molecular complexity index is 668. The third-order valence-corrected chi connectivity index (χ3v) is 5.76. The molecule has 1 aliphatic carbocycles. The van der Waals surface area contributed by atoms with E-state index in [-0.39, 0.29) is 29.8 Å². The minimum atomic E-state index is -0.265. The molecule has 0 radical (unpaired) electrons. The molecule has 3 fully saturated rings. The van der Waals surface area contributed by atoms with E-state index in [0.29, 0.717) is 19.0 Å². The predicted octanol–water partition coefficient (Wildman–Crippen LogP) is 2.36. The molecule has 2 saturated heterocycles. The van der Waals surface area contributed by atoms with Crippen molar-refractivity contribution in [2.45, 2.75) is 25.7 Å². The highest BCUT2D eigenvalue weighted by atomic mass is 35.5. The average Bonchev–Trinajstić information content (AvgIpc) is 3.21. The molecule has 2 atom stereocenters. The lowest BCUT2D eigenvalue weighted by atomic mass is 9.67. The summed E-state index contributed by atoms with van der Waals surface area (Å²) < 4.78 is 0. The van der Waals surface area contributed by atoms with Crippen molar-refractivity contribution in [1.82, 2.24) is 10.6 Å². The summed E-state index contributed by atoms with van der Waals surface area (Å²) in [6.07, 6.45) is 4.44. The SMILES string of the molecule is Cl.O=C1NCCN1c1cccc(NC(=O)[C@@]23CCCC[C@H]2CNC3)c1. The highest BCUT2D eigenvalue weighted by molar-refractivity contribution is 5.98. The van der Waals surface area contributed by atoms with Gasteiger partial charge in [-0.1, -0.05) is 18.9 Å². The van der Waals surface area contributed by atoms with E-state index in [2.05, 4.69) is 16.0 Å². The van der Waals surface area contributed by atoms with Gasteiger partial charge in [0.1, 0.15) is 0 Å². The summed E-state index contributed by atoms with van der Waals surface area (Å²) in [4.78, 5) is 26.6. The zero-order valence-corrected chi connectivity index (χ0v) is 15.0. The van der Waals surface area contributed by atoms with Gasteiger partial charge in [-0.25, -0.2) is 4.79 Å². The summed E-state index contributed by atoms with van der Waals surface area (Å²) in [6.45, 7) is 3.04. The van der Waals surface area contributed by atoms with Crippen LogP contribution in [0.15, 0.2) is 24.3 Å². The second-order valence-electron chi connectivity index (χ2n) is 7.12. The van der Waals surface area contributed by atoms with Gasteiger partial charge in [0.15, 0.2) is 0 Å². The number of nitrogens with zero attached hydrogens (tertiary/aromatic N) is 1. The first-order chi connectivity index (χ1) is 11.7. The van der Waals surface area contributed by atoms with Crippen molar-refractivity contribution in [3.05, 3.63) is 24.3 Å². The van der Waals surface area contributed by atoms with Crippen molar-refractivity contribution in [2.75, 3.05) is 36.4 Å². The minimum Gasteiger partial charge on any atom is -0.336 e. The summed E-state index contributed by atoms with van der Waals surface area (Å²) in [6, 6.07) is 7.49. The number of anilines is 2. The molecule has 0 unspecified atom stereocenters.